The Morgan fingerprint density at radius 2 is 1.27 bits per heavy atom. The van der Waals surface area contributed by atoms with E-state index in [0.717, 1.165) is 0 Å². The molecule has 0 rings (SSSR count). The lowest BCUT2D eigenvalue weighted by atomic mass is 10.2. The van der Waals surface area contributed by atoms with E-state index in [1.165, 1.54) is 0 Å². The van der Waals surface area contributed by atoms with Crippen LogP contribution in [0.2, 0.25) is 5.04 Å². The summed E-state index contributed by atoms with van der Waals surface area (Å²) in [4.78, 5) is 0. The van der Waals surface area contributed by atoms with Gasteiger partial charge in [-0.05, 0) is 20.8 Å². The molecule has 0 aromatic rings. The van der Waals surface area contributed by atoms with Gasteiger partial charge in [-0.3, -0.25) is 0 Å². The summed E-state index contributed by atoms with van der Waals surface area (Å²) in [6.07, 6.45) is 0. The lowest BCUT2D eigenvalue weighted by Gasteiger charge is -2.40. The average Bonchev–Trinajstić information content (AvgIpc) is 2.18. The molecule has 0 bridgehead atoms. The molecule has 0 amide bonds. The van der Waals surface area contributed by atoms with Crippen LogP contribution in [0.3, 0.4) is 0 Å². The Kier molecular flexibility index (Phi) is 6.62. The topological polar surface area (TPSA) is 53.7 Å². The Hall–Kier alpha value is 0.0569. The molecule has 0 saturated carbocycles. The Morgan fingerprint density at radius 3 is 1.47 bits per heavy atom. The van der Waals surface area contributed by atoms with E-state index in [4.69, 9.17) is 19.0 Å². The zero-order valence-electron chi connectivity index (χ0n) is 10.6. The predicted octanol–water partition coefficient (Wildman–Crippen LogP) is 1.77. The van der Waals surface area contributed by atoms with Crippen molar-refractivity contribution in [3.63, 3.8) is 0 Å². The number of hydrogen-bond donors (Lipinski definition) is 1. The first-order chi connectivity index (χ1) is 6.99. The van der Waals surface area contributed by atoms with Gasteiger partial charge in [-0.2, -0.15) is 0 Å². The van der Waals surface area contributed by atoms with E-state index >= 15 is 0 Å². The van der Waals surface area contributed by atoms with Crippen molar-refractivity contribution in [1.29, 1.82) is 0 Å². The van der Waals surface area contributed by atoms with Gasteiger partial charge in [0.2, 0.25) is 0 Å². The van der Waals surface area contributed by atoms with Gasteiger partial charge in [0, 0.05) is 31.4 Å². The lowest BCUT2D eigenvalue weighted by molar-refractivity contribution is 0.0493. The van der Waals surface area contributed by atoms with Crippen LogP contribution in [0.15, 0.2) is 0 Å². The molecule has 0 saturated heterocycles. The summed E-state index contributed by atoms with van der Waals surface area (Å²) in [7, 11) is -2.65. The standard InChI is InChI=1S/C10H25NO3Si/c1-6-12-15(13-7-2,14-8-3)10(4,5)9-11/h6-9,11H2,1-5H3. The highest BCUT2D eigenvalue weighted by atomic mass is 28.4. The van der Waals surface area contributed by atoms with Crippen molar-refractivity contribution in [2.24, 2.45) is 5.73 Å². The van der Waals surface area contributed by atoms with E-state index in [2.05, 4.69) is 0 Å². The molecular weight excluding hydrogens is 210 g/mol. The molecule has 0 radical (unpaired) electrons. The van der Waals surface area contributed by atoms with E-state index in [-0.39, 0.29) is 5.04 Å². The molecule has 0 unspecified atom stereocenters. The Balaban J connectivity index is 4.90. The highest BCUT2D eigenvalue weighted by molar-refractivity contribution is 6.64. The third-order valence-electron chi connectivity index (χ3n) is 2.34. The SMILES string of the molecule is CCO[Si](OCC)(OCC)C(C)(C)CN. The maximum atomic E-state index is 5.78. The van der Waals surface area contributed by atoms with Crippen molar-refractivity contribution in [1.82, 2.24) is 0 Å². The number of nitrogens with two attached hydrogens (primary N) is 1. The van der Waals surface area contributed by atoms with Gasteiger partial charge >= 0.3 is 8.80 Å². The van der Waals surface area contributed by atoms with Gasteiger partial charge in [-0.1, -0.05) is 13.8 Å². The molecule has 0 aliphatic heterocycles. The quantitative estimate of drug-likeness (QED) is 0.652. The van der Waals surface area contributed by atoms with E-state index in [1.54, 1.807) is 0 Å². The Labute approximate surface area is 94.5 Å². The Bertz CT molecular complexity index is 159. The molecule has 5 heteroatoms. The second kappa shape index (κ2) is 6.60. The van der Waals surface area contributed by atoms with Crippen LogP contribution in [0, 0.1) is 0 Å². The van der Waals surface area contributed by atoms with Gasteiger partial charge in [0.1, 0.15) is 0 Å². The second-order valence-corrected chi connectivity index (χ2v) is 7.28. The summed E-state index contributed by atoms with van der Waals surface area (Å²) in [5.41, 5.74) is 5.78. The minimum absolute atomic E-state index is 0.241. The molecule has 4 nitrogen and oxygen atoms in total. The largest absolute Gasteiger partial charge is 0.508 e. The minimum atomic E-state index is -2.65. The average molecular weight is 235 g/mol. The fraction of sp³-hybridized carbons (Fsp3) is 1.00. The highest BCUT2D eigenvalue weighted by Crippen LogP contribution is 2.38. The van der Waals surface area contributed by atoms with Crippen LogP contribution in [0.25, 0.3) is 0 Å². The Morgan fingerprint density at radius 1 is 0.933 bits per heavy atom. The van der Waals surface area contributed by atoms with E-state index in [1.807, 2.05) is 34.6 Å². The van der Waals surface area contributed by atoms with Gasteiger partial charge in [0.05, 0.1) is 0 Å². The first-order valence-corrected chi connectivity index (χ1v) is 7.34. The molecule has 15 heavy (non-hydrogen) atoms. The van der Waals surface area contributed by atoms with Crippen molar-refractivity contribution in [3.05, 3.63) is 0 Å². The molecule has 0 heterocycles. The summed E-state index contributed by atoms with van der Waals surface area (Å²) in [5, 5.41) is -0.241. The molecule has 0 aromatic heterocycles. The van der Waals surface area contributed by atoms with E-state index in [0.29, 0.717) is 26.4 Å². The zero-order chi connectivity index (χ0) is 11.9. The van der Waals surface area contributed by atoms with E-state index in [9.17, 15) is 0 Å². The summed E-state index contributed by atoms with van der Waals surface area (Å²) >= 11 is 0. The third kappa shape index (κ3) is 3.53. The van der Waals surface area contributed by atoms with Gasteiger partial charge in [-0.15, -0.1) is 0 Å². The normalized spacial score (nSPS) is 13.2. The van der Waals surface area contributed by atoms with Crippen LogP contribution in [-0.4, -0.2) is 35.2 Å². The molecule has 0 atom stereocenters. The first-order valence-electron chi connectivity index (χ1n) is 5.61. The molecule has 2 N–H and O–H groups in total. The molecule has 0 aromatic carbocycles. The van der Waals surface area contributed by atoms with E-state index < -0.39 is 8.80 Å². The van der Waals surface area contributed by atoms with Crippen molar-refractivity contribution in [2.45, 2.75) is 39.7 Å². The smallest absolute Gasteiger partial charge is 0.373 e. The first kappa shape index (κ1) is 15.1. The molecule has 0 fully saturated rings. The van der Waals surface area contributed by atoms with Crippen LogP contribution in [0.5, 0.6) is 0 Å². The van der Waals surface area contributed by atoms with Crippen LogP contribution >= 0.6 is 0 Å². The number of rotatable bonds is 8. The fourth-order valence-electron chi connectivity index (χ4n) is 1.41. The van der Waals surface area contributed by atoms with Crippen LogP contribution in [0.1, 0.15) is 34.6 Å². The molecule has 0 aliphatic carbocycles. The fourth-order valence-corrected chi connectivity index (χ4v) is 4.22. The highest BCUT2D eigenvalue weighted by Gasteiger charge is 2.54. The minimum Gasteiger partial charge on any atom is -0.373 e. The molecule has 0 spiro atoms. The van der Waals surface area contributed by atoms with Crippen LogP contribution < -0.4 is 5.73 Å². The predicted molar refractivity (Wildman–Crippen MR) is 63.7 cm³/mol. The van der Waals surface area contributed by atoms with Gasteiger partial charge in [-0.25, -0.2) is 0 Å². The van der Waals surface area contributed by atoms with Crippen molar-refractivity contribution >= 4 is 8.80 Å². The number of hydrogen-bond acceptors (Lipinski definition) is 4. The second-order valence-electron chi connectivity index (χ2n) is 3.94. The van der Waals surface area contributed by atoms with Crippen molar-refractivity contribution < 1.29 is 13.3 Å². The summed E-state index contributed by atoms with van der Waals surface area (Å²) in [6, 6.07) is 0. The van der Waals surface area contributed by atoms with Gasteiger partial charge in [0.25, 0.3) is 0 Å². The van der Waals surface area contributed by atoms with Gasteiger partial charge < -0.3 is 19.0 Å². The monoisotopic (exact) mass is 235 g/mol. The zero-order valence-corrected chi connectivity index (χ0v) is 11.6. The molecule has 92 valence electrons. The van der Waals surface area contributed by atoms with Crippen molar-refractivity contribution in [2.75, 3.05) is 26.4 Å². The third-order valence-corrected chi connectivity index (χ3v) is 6.21. The summed E-state index contributed by atoms with van der Waals surface area (Å²) < 4.78 is 17.3. The lowest BCUT2D eigenvalue weighted by Crippen LogP contribution is -2.57. The summed E-state index contributed by atoms with van der Waals surface area (Å²) in [6.45, 7) is 12.2. The summed E-state index contributed by atoms with van der Waals surface area (Å²) in [5.74, 6) is 0. The van der Waals surface area contributed by atoms with Crippen LogP contribution in [0.4, 0.5) is 0 Å². The maximum Gasteiger partial charge on any atom is 0.508 e. The van der Waals surface area contributed by atoms with Gasteiger partial charge in [0.15, 0.2) is 0 Å². The molecular formula is C10H25NO3Si. The maximum absolute atomic E-state index is 5.78. The van der Waals surface area contributed by atoms with Crippen molar-refractivity contribution in [3.8, 4) is 0 Å². The molecule has 0 aliphatic rings. The van der Waals surface area contributed by atoms with Crippen LogP contribution in [-0.2, 0) is 13.3 Å².